The number of halogens is 1. The summed E-state index contributed by atoms with van der Waals surface area (Å²) < 4.78 is 22.6. The van der Waals surface area contributed by atoms with Gasteiger partial charge < -0.3 is 10.6 Å². The molecule has 0 radical (unpaired) electrons. The van der Waals surface area contributed by atoms with Crippen molar-refractivity contribution in [3.05, 3.63) is 57.1 Å². The van der Waals surface area contributed by atoms with Crippen molar-refractivity contribution in [1.29, 1.82) is 0 Å². The van der Waals surface area contributed by atoms with Gasteiger partial charge in [0.05, 0.1) is 9.82 Å². The molecule has 0 aliphatic rings. The van der Waals surface area contributed by atoms with Gasteiger partial charge in [0.2, 0.25) is 15.9 Å². The van der Waals surface area contributed by atoms with Crippen LogP contribution in [0.3, 0.4) is 0 Å². The van der Waals surface area contributed by atoms with Crippen LogP contribution >= 0.6 is 11.6 Å². The molecule has 4 N–H and O–H groups in total. The van der Waals surface area contributed by atoms with Gasteiger partial charge in [0.15, 0.2) is 0 Å². The van der Waals surface area contributed by atoms with Crippen LogP contribution in [0.2, 0.25) is 5.02 Å². The summed E-state index contributed by atoms with van der Waals surface area (Å²) in [4.78, 5) is 22.1. The maximum Gasteiger partial charge on any atom is 0.293 e. The molecule has 0 saturated carbocycles. The van der Waals surface area contributed by atoms with Gasteiger partial charge in [0, 0.05) is 29.7 Å². The molecule has 0 fully saturated rings. The molecule has 0 spiro atoms. The zero-order chi connectivity index (χ0) is 20.2. The molecule has 9 nitrogen and oxygen atoms in total. The highest BCUT2D eigenvalue weighted by atomic mass is 35.5. The number of aryl methyl sites for hydroxylation is 1. The third-order valence-corrected chi connectivity index (χ3v) is 4.78. The van der Waals surface area contributed by atoms with Gasteiger partial charge in [-0.1, -0.05) is 17.7 Å². The molecule has 0 aliphatic carbocycles. The van der Waals surface area contributed by atoms with Crippen molar-refractivity contribution in [2.24, 2.45) is 5.14 Å². The van der Waals surface area contributed by atoms with Crippen molar-refractivity contribution < 1.29 is 18.1 Å². The number of nitrogens with one attached hydrogen (secondary N) is 2. The number of sulfonamides is 1. The van der Waals surface area contributed by atoms with Crippen LogP contribution in [-0.2, 0) is 14.8 Å². The Morgan fingerprint density at radius 1 is 1.22 bits per heavy atom. The molecule has 2 aromatic rings. The molecule has 0 heterocycles. The summed E-state index contributed by atoms with van der Waals surface area (Å²) in [5.74, 6) is -0.309. The molecule has 2 aromatic carbocycles. The number of amides is 1. The number of nitrogens with zero attached hydrogens (tertiary/aromatic N) is 1. The van der Waals surface area contributed by atoms with E-state index in [0.717, 1.165) is 17.7 Å². The van der Waals surface area contributed by atoms with E-state index >= 15 is 0 Å². The Labute approximate surface area is 160 Å². The zero-order valence-electron chi connectivity index (χ0n) is 14.2. The van der Waals surface area contributed by atoms with Gasteiger partial charge in [-0.3, -0.25) is 14.9 Å². The average molecular weight is 413 g/mol. The Hall–Kier alpha value is -2.69. The average Bonchev–Trinajstić information content (AvgIpc) is 2.57. The van der Waals surface area contributed by atoms with E-state index in [1.54, 1.807) is 18.2 Å². The summed E-state index contributed by atoms with van der Waals surface area (Å²) in [6.07, 6.45) is 0.0278. The van der Waals surface area contributed by atoms with Crippen LogP contribution in [0.1, 0.15) is 12.0 Å². The topological polar surface area (TPSA) is 144 Å². The molecule has 1 amide bonds. The van der Waals surface area contributed by atoms with Crippen LogP contribution in [0.25, 0.3) is 0 Å². The first-order valence-corrected chi connectivity index (χ1v) is 9.61. The highest BCUT2D eigenvalue weighted by Crippen LogP contribution is 2.27. The molecule has 2 rings (SSSR count). The first-order chi connectivity index (χ1) is 12.6. The van der Waals surface area contributed by atoms with E-state index in [1.165, 1.54) is 6.07 Å². The number of nitro benzene ring substituents is 1. The number of primary sulfonamides is 1. The molecule has 11 heteroatoms. The standard InChI is InChI=1S/C16H17ClN4O5S/c1-10-2-3-11(17)8-14(10)20-16(22)6-7-19-13-5-4-12(27(18,25)26)9-15(13)21(23)24/h2-5,8-9,19H,6-7H2,1H3,(H,20,22)(H2,18,25,26). The fourth-order valence-corrected chi connectivity index (χ4v) is 2.95. The number of carbonyl (C=O) groups is 1. The van der Waals surface area contributed by atoms with Crippen LogP contribution < -0.4 is 15.8 Å². The van der Waals surface area contributed by atoms with Gasteiger partial charge in [0.25, 0.3) is 5.69 Å². The minimum absolute atomic E-state index is 0.0278. The molecule has 27 heavy (non-hydrogen) atoms. The van der Waals surface area contributed by atoms with Crippen LogP contribution in [0, 0.1) is 17.0 Å². The predicted molar refractivity (Wildman–Crippen MR) is 102 cm³/mol. The number of anilines is 2. The van der Waals surface area contributed by atoms with E-state index in [0.29, 0.717) is 10.7 Å². The van der Waals surface area contributed by atoms with Crippen LogP contribution in [0.5, 0.6) is 0 Å². The molecule has 0 aliphatic heterocycles. The smallest absolute Gasteiger partial charge is 0.293 e. The Morgan fingerprint density at radius 2 is 1.93 bits per heavy atom. The van der Waals surface area contributed by atoms with Crippen molar-refractivity contribution in [1.82, 2.24) is 0 Å². The largest absolute Gasteiger partial charge is 0.379 e. The fraction of sp³-hybridized carbons (Fsp3) is 0.188. The first-order valence-electron chi connectivity index (χ1n) is 7.69. The molecule has 0 atom stereocenters. The highest BCUT2D eigenvalue weighted by Gasteiger charge is 2.19. The van der Waals surface area contributed by atoms with Crippen LogP contribution in [0.4, 0.5) is 17.1 Å². The van der Waals surface area contributed by atoms with Gasteiger partial charge in [-0.25, -0.2) is 13.6 Å². The summed E-state index contributed by atoms with van der Waals surface area (Å²) in [6, 6.07) is 8.36. The molecular weight excluding hydrogens is 396 g/mol. The number of nitro groups is 1. The van der Waals surface area contributed by atoms with Gasteiger partial charge in [-0.05, 0) is 36.8 Å². The predicted octanol–water partition coefficient (Wildman–Crippen LogP) is 2.64. The van der Waals surface area contributed by atoms with Crippen molar-refractivity contribution in [2.45, 2.75) is 18.2 Å². The molecule has 0 saturated heterocycles. The van der Waals surface area contributed by atoms with E-state index < -0.39 is 20.6 Å². The Morgan fingerprint density at radius 3 is 2.56 bits per heavy atom. The van der Waals surface area contributed by atoms with E-state index in [1.807, 2.05) is 6.92 Å². The van der Waals surface area contributed by atoms with Gasteiger partial charge in [-0.2, -0.15) is 0 Å². The Kier molecular flexibility index (Phi) is 6.37. The van der Waals surface area contributed by atoms with Crippen molar-refractivity contribution in [3.8, 4) is 0 Å². The fourth-order valence-electron chi connectivity index (χ4n) is 2.24. The quantitative estimate of drug-likeness (QED) is 0.470. The summed E-state index contributed by atoms with van der Waals surface area (Å²) in [5, 5.41) is 22.1. The SMILES string of the molecule is Cc1ccc(Cl)cc1NC(=O)CCNc1ccc(S(N)(=O)=O)cc1[N+](=O)[O-]. The monoisotopic (exact) mass is 412 g/mol. The molecule has 0 aromatic heterocycles. The summed E-state index contributed by atoms with van der Waals surface area (Å²) in [6.45, 7) is 1.92. The Balaban J connectivity index is 2.03. The lowest BCUT2D eigenvalue weighted by molar-refractivity contribution is -0.384. The number of hydrogen-bond acceptors (Lipinski definition) is 6. The second-order valence-electron chi connectivity index (χ2n) is 5.67. The van der Waals surface area contributed by atoms with E-state index in [2.05, 4.69) is 10.6 Å². The molecular formula is C16H17ClN4O5S. The van der Waals surface area contributed by atoms with Crippen molar-refractivity contribution >= 4 is 44.6 Å². The molecule has 0 bridgehead atoms. The van der Waals surface area contributed by atoms with E-state index in [-0.39, 0.29) is 29.5 Å². The van der Waals surface area contributed by atoms with E-state index in [4.69, 9.17) is 16.7 Å². The van der Waals surface area contributed by atoms with Crippen LogP contribution in [-0.4, -0.2) is 25.8 Å². The van der Waals surface area contributed by atoms with Crippen molar-refractivity contribution in [2.75, 3.05) is 17.2 Å². The highest BCUT2D eigenvalue weighted by molar-refractivity contribution is 7.89. The summed E-state index contributed by atoms with van der Waals surface area (Å²) in [7, 11) is -4.06. The van der Waals surface area contributed by atoms with Gasteiger partial charge in [-0.15, -0.1) is 0 Å². The molecule has 0 unspecified atom stereocenters. The third kappa shape index (κ3) is 5.64. The number of rotatable bonds is 7. The van der Waals surface area contributed by atoms with Gasteiger partial charge in [0.1, 0.15) is 5.69 Å². The second-order valence-corrected chi connectivity index (χ2v) is 7.66. The molecule has 144 valence electrons. The number of nitrogens with two attached hydrogens (primary N) is 1. The number of carbonyl (C=O) groups excluding carboxylic acids is 1. The normalized spacial score (nSPS) is 11.1. The Bertz CT molecular complexity index is 994. The summed E-state index contributed by atoms with van der Waals surface area (Å²) >= 11 is 5.90. The lowest BCUT2D eigenvalue weighted by Crippen LogP contribution is -2.17. The minimum Gasteiger partial charge on any atom is -0.379 e. The lowest BCUT2D eigenvalue weighted by atomic mass is 10.2. The third-order valence-electron chi connectivity index (χ3n) is 3.64. The van der Waals surface area contributed by atoms with Crippen molar-refractivity contribution in [3.63, 3.8) is 0 Å². The second kappa shape index (κ2) is 8.33. The minimum atomic E-state index is -4.06. The summed E-state index contributed by atoms with van der Waals surface area (Å²) in [5.41, 5.74) is 1.05. The maximum absolute atomic E-state index is 12.0. The van der Waals surface area contributed by atoms with Gasteiger partial charge >= 0.3 is 0 Å². The maximum atomic E-state index is 12.0. The lowest BCUT2D eigenvalue weighted by Gasteiger charge is -2.10. The number of hydrogen-bond donors (Lipinski definition) is 3. The zero-order valence-corrected chi connectivity index (χ0v) is 15.8. The van der Waals surface area contributed by atoms with E-state index in [9.17, 15) is 23.3 Å². The number of benzene rings is 2. The van der Waals surface area contributed by atoms with Crippen LogP contribution in [0.15, 0.2) is 41.3 Å². The first kappa shape index (κ1) is 20.6.